The van der Waals surface area contributed by atoms with E-state index in [0.717, 1.165) is 0 Å². The molecule has 7 heteroatoms. The summed E-state index contributed by atoms with van der Waals surface area (Å²) in [5, 5.41) is 9.54. The van der Waals surface area contributed by atoms with Crippen LogP contribution in [0.25, 0.3) is 11.3 Å². The largest absolute Gasteiger partial charge is 0.210 e. The summed E-state index contributed by atoms with van der Waals surface area (Å²) in [6.07, 6.45) is 1.85. The van der Waals surface area contributed by atoms with Gasteiger partial charge in [-0.05, 0) is 12.3 Å². The highest BCUT2D eigenvalue weighted by atomic mass is 35.5. The lowest BCUT2D eigenvalue weighted by Gasteiger charge is -2.06. The number of benzene rings is 1. The number of hydrogen-bond donors (Lipinski definition) is 0. The van der Waals surface area contributed by atoms with Crippen molar-refractivity contribution < 1.29 is 0 Å². The second-order valence-electron chi connectivity index (χ2n) is 3.04. The molecular formula is C10H6Cl3N3S. The number of aromatic nitrogens is 3. The summed E-state index contributed by atoms with van der Waals surface area (Å²) in [5.74, 6) is 0. The molecule has 1 aromatic carbocycles. The average Bonchev–Trinajstić information content (AvgIpc) is 2.33. The summed E-state index contributed by atoms with van der Waals surface area (Å²) in [6, 6.07) is 5.23. The Bertz CT molecular complexity index is 562. The van der Waals surface area contributed by atoms with Gasteiger partial charge in [0.25, 0.3) is 0 Å². The maximum atomic E-state index is 6.08. The molecule has 0 saturated heterocycles. The Morgan fingerprint density at radius 2 is 1.88 bits per heavy atom. The molecule has 0 N–H and O–H groups in total. The summed E-state index contributed by atoms with van der Waals surface area (Å²) < 4.78 is 0. The van der Waals surface area contributed by atoms with Crippen LogP contribution in [-0.4, -0.2) is 21.4 Å². The molecule has 1 heterocycles. The van der Waals surface area contributed by atoms with E-state index in [1.807, 2.05) is 6.26 Å². The van der Waals surface area contributed by atoms with Crippen molar-refractivity contribution in [3.63, 3.8) is 0 Å². The van der Waals surface area contributed by atoms with E-state index in [4.69, 9.17) is 34.8 Å². The fourth-order valence-electron chi connectivity index (χ4n) is 1.23. The van der Waals surface area contributed by atoms with E-state index in [0.29, 0.717) is 26.5 Å². The van der Waals surface area contributed by atoms with Crippen molar-refractivity contribution in [1.82, 2.24) is 15.2 Å². The third-order valence-corrected chi connectivity index (χ3v) is 3.63. The van der Waals surface area contributed by atoms with Crippen LogP contribution in [0.2, 0.25) is 15.2 Å². The Balaban J connectivity index is 2.57. The predicted octanol–water partition coefficient (Wildman–Crippen LogP) is 4.22. The molecule has 0 saturated carbocycles. The van der Waals surface area contributed by atoms with Crippen LogP contribution in [0.3, 0.4) is 0 Å². The van der Waals surface area contributed by atoms with Crippen LogP contribution in [0.1, 0.15) is 0 Å². The van der Waals surface area contributed by atoms with Gasteiger partial charge < -0.3 is 0 Å². The van der Waals surface area contributed by atoms with Crippen LogP contribution in [-0.2, 0) is 0 Å². The highest BCUT2D eigenvalue weighted by molar-refractivity contribution is 7.98. The summed E-state index contributed by atoms with van der Waals surface area (Å²) >= 11 is 19.4. The lowest BCUT2D eigenvalue weighted by molar-refractivity contribution is 0.847. The highest BCUT2D eigenvalue weighted by Gasteiger charge is 2.14. The number of nitrogens with zero attached hydrogens (tertiary/aromatic N) is 3. The predicted molar refractivity (Wildman–Crippen MR) is 72.1 cm³/mol. The van der Waals surface area contributed by atoms with Gasteiger partial charge in [0, 0.05) is 5.56 Å². The maximum absolute atomic E-state index is 6.08. The van der Waals surface area contributed by atoms with E-state index in [1.54, 1.807) is 18.2 Å². The van der Waals surface area contributed by atoms with Crippen LogP contribution in [0.15, 0.2) is 23.4 Å². The molecule has 0 atom stereocenters. The topological polar surface area (TPSA) is 38.7 Å². The molecule has 0 bridgehead atoms. The van der Waals surface area contributed by atoms with Gasteiger partial charge in [-0.2, -0.15) is 0 Å². The van der Waals surface area contributed by atoms with Gasteiger partial charge in [-0.3, -0.25) is 0 Å². The first kappa shape index (κ1) is 12.9. The Kier molecular flexibility index (Phi) is 4.09. The first-order valence-electron chi connectivity index (χ1n) is 4.52. The summed E-state index contributed by atoms with van der Waals surface area (Å²) in [7, 11) is 0. The van der Waals surface area contributed by atoms with Crippen LogP contribution in [0.5, 0.6) is 0 Å². The fraction of sp³-hybridized carbons (Fsp3) is 0.100. The van der Waals surface area contributed by atoms with Crippen molar-refractivity contribution in [2.24, 2.45) is 0 Å². The summed E-state index contributed by atoms with van der Waals surface area (Å²) in [4.78, 5) is 4.09. The van der Waals surface area contributed by atoms with E-state index >= 15 is 0 Å². The first-order valence-corrected chi connectivity index (χ1v) is 6.88. The molecule has 17 heavy (non-hydrogen) atoms. The molecular weight excluding hydrogens is 301 g/mol. The minimum atomic E-state index is 0.258. The fourth-order valence-corrected chi connectivity index (χ4v) is 2.20. The molecule has 3 nitrogen and oxygen atoms in total. The summed E-state index contributed by atoms with van der Waals surface area (Å²) in [5.41, 5.74) is 1.05. The van der Waals surface area contributed by atoms with Crippen LogP contribution in [0, 0.1) is 0 Å². The second kappa shape index (κ2) is 5.40. The molecule has 0 fully saturated rings. The average molecular weight is 307 g/mol. The Morgan fingerprint density at radius 1 is 1.12 bits per heavy atom. The Labute approximate surface area is 118 Å². The minimum absolute atomic E-state index is 0.258. The number of thioether (sulfide) groups is 1. The third kappa shape index (κ3) is 2.65. The van der Waals surface area contributed by atoms with Crippen LogP contribution in [0.4, 0.5) is 0 Å². The van der Waals surface area contributed by atoms with Gasteiger partial charge in [0.05, 0.1) is 10.0 Å². The van der Waals surface area contributed by atoms with E-state index in [2.05, 4.69) is 15.2 Å². The van der Waals surface area contributed by atoms with Gasteiger partial charge in [-0.15, -0.1) is 10.2 Å². The van der Waals surface area contributed by atoms with Crippen molar-refractivity contribution in [1.29, 1.82) is 0 Å². The zero-order valence-electron chi connectivity index (χ0n) is 8.62. The Morgan fingerprint density at radius 3 is 2.53 bits per heavy atom. The van der Waals surface area contributed by atoms with Gasteiger partial charge in [0.2, 0.25) is 5.16 Å². The maximum Gasteiger partial charge on any atom is 0.210 e. The smallest absolute Gasteiger partial charge is 0.207 e. The van der Waals surface area contributed by atoms with Gasteiger partial charge in [0.1, 0.15) is 5.69 Å². The van der Waals surface area contributed by atoms with Gasteiger partial charge >= 0.3 is 0 Å². The van der Waals surface area contributed by atoms with Crippen molar-refractivity contribution in [3.05, 3.63) is 33.4 Å². The zero-order chi connectivity index (χ0) is 12.4. The monoisotopic (exact) mass is 305 g/mol. The van der Waals surface area contributed by atoms with Crippen LogP contribution >= 0.6 is 46.6 Å². The van der Waals surface area contributed by atoms with E-state index < -0.39 is 0 Å². The lowest BCUT2D eigenvalue weighted by atomic mass is 10.2. The second-order valence-corrected chi connectivity index (χ2v) is 4.96. The third-order valence-electron chi connectivity index (χ3n) is 2.01. The number of halogens is 3. The van der Waals surface area contributed by atoms with Crippen molar-refractivity contribution >= 4 is 46.6 Å². The van der Waals surface area contributed by atoms with Gasteiger partial charge in [0.15, 0.2) is 5.15 Å². The van der Waals surface area contributed by atoms with Crippen molar-refractivity contribution in [3.8, 4) is 11.3 Å². The molecule has 0 aliphatic heterocycles. The molecule has 2 rings (SSSR count). The van der Waals surface area contributed by atoms with Crippen LogP contribution < -0.4 is 0 Å². The molecule has 1 aromatic heterocycles. The molecule has 0 aliphatic rings. The number of rotatable bonds is 2. The standard InChI is InChI=1S/C10H6Cl3N3S/c1-17-10-14-9(13)8(15-16-10)5-3-2-4-6(11)7(5)12/h2-4H,1H3. The molecule has 2 aromatic rings. The van der Waals surface area contributed by atoms with Gasteiger partial charge in [-0.25, -0.2) is 4.98 Å². The Hall–Kier alpha value is -0.550. The lowest BCUT2D eigenvalue weighted by Crippen LogP contribution is -1.95. The highest BCUT2D eigenvalue weighted by Crippen LogP contribution is 2.34. The molecule has 0 unspecified atom stereocenters. The number of hydrogen-bond acceptors (Lipinski definition) is 4. The molecule has 0 spiro atoms. The van der Waals surface area contributed by atoms with E-state index in [-0.39, 0.29) is 5.15 Å². The van der Waals surface area contributed by atoms with E-state index in [9.17, 15) is 0 Å². The SMILES string of the molecule is CSc1nnc(-c2cccc(Cl)c2Cl)c(Cl)n1. The minimum Gasteiger partial charge on any atom is -0.207 e. The first-order chi connectivity index (χ1) is 8.13. The van der Waals surface area contributed by atoms with Crippen molar-refractivity contribution in [2.45, 2.75) is 5.16 Å². The molecule has 0 aliphatic carbocycles. The summed E-state index contributed by atoms with van der Waals surface area (Å²) in [6.45, 7) is 0. The van der Waals surface area contributed by atoms with Gasteiger partial charge in [-0.1, -0.05) is 58.7 Å². The molecule has 0 radical (unpaired) electrons. The van der Waals surface area contributed by atoms with E-state index in [1.165, 1.54) is 11.8 Å². The van der Waals surface area contributed by atoms with Crippen molar-refractivity contribution in [2.75, 3.05) is 6.26 Å². The zero-order valence-corrected chi connectivity index (χ0v) is 11.7. The molecule has 0 amide bonds. The quantitative estimate of drug-likeness (QED) is 0.779. The normalized spacial score (nSPS) is 10.6. The molecule has 88 valence electrons.